The van der Waals surface area contributed by atoms with E-state index in [1.54, 1.807) is 0 Å². The number of esters is 1. The zero-order chi connectivity index (χ0) is 15.1. The molecule has 0 aromatic carbocycles. The Bertz CT molecular complexity index is 302. The zero-order valence-corrected chi connectivity index (χ0v) is 13.0. The fourth-order valence-electron chi connectivity index (χ4n) is 3.88. The predicted octanol–water partition coefficient (Wildman–Crippen LogP) is 1.77. The highest BCUT2D eigenvalue weighted by molar-refractivity contribution is 5.70. The van der Waals surface area contributed by atoms with E-state index < -0.39 is 0 Å². The van der Waals surface area contributed by atoms with E-state index in [9.17, 15) is 4.79 Å². The molecule has 122 valence electrons. The number of fused-ring (bicyclic) bond motifs is 2. The summed E-state index contributed by atoms with van der Waals surface area (Å²) in [6, 6.07) is 0. The second-order valence-corrected chi connectivity index (χ2v) is 6.52. The van der Waals surface area contributed by atoms with E-state index in [-0.39, 0.29) is 25.3 Å². The van der Waals surface area contributed by atoms with E-state index in [1.165, 1.54) is 19.3 Å². The SMILES string of the molecule is CC1CC2CC(C1)CC(OC(=O)COCCOCCO)C2. The Morgan fingerprint density at radius 3 is 2.33 bits per heavy atom. The number of rotatable bonds is 8. The van der Waals surface area contributed by atoms with Gasteiger partial charge >= 0.3 is 5.97 Å². The van der Waals surface area contributed by atoms with Gasteiger partial charge in [0.05, 0.1) is 26.4 Å². The second kappa shape index (κ2) is 8.71. The van der Waals surface area contributed by atoms with E-state index in [4.69, 9.17) is 19.3 Å². The first-order valence-electron chi connectivity index (χ1n) is 8.13. The smallest absolute Gasteiger partial charge is 0.332 e. The monoisotopic (exact) mass is 300 g/mol. The summed E-state index contributed by atoms with van der Waals surface area (Å²) < 4.78 is 15.8. The minimum Gasteiger partial charge on any atom is -0.461 e. The normalized spacial score (nSPS) is 31.9. The van der Waals surface area contributed by atoms with Gasteiger partial charge in [-0.3, -0.25) is 0 Å². The maximum absolute atomic E-state index is 11.8. The van der Waals surface area contributed by atoms with Crippen molar-refractivity contribution >= 4 is 5.97 Å². The van der Waals surface area contributed by atoms with Crippen LogP contribution in [0.1, 0.15) is 39.0 Å². The number of carbonyl (C=O) groups excluding carboxylic acids is 1. The van der Waals surface area contributed by atoms with Crippen LogP contribution in [0.3, 0.4) is 0 Å². The minimum atomic E-state index is -0.268. The zero-order valence-electron chi connectivity index (χ0n) is 13.0. The lowest BCUT2D eigenvalue weighted by Gasteiger charge is -2.41. The average Bonchev–Trinajstić information content (AvgIpc) is 2.41. The Morgan fingerprint density at radius 1 is 1.00 bits per heavy atom. The molecule has 2 aliphatic carbocycles. The molecule has 5 heteroatoms. The highest BCUT2D eigenvalue weighted by Crippen LogP contribution is 2.43. The van der Waals surface area contributed by atoms with Crippen LogP contribution in [0.4, 0.5) is 0 Å². The number of hydrogen-bond donors (Lipinski definition) is 1. The first-order valence-corrected chi connectivity index (χ1v) is 8.13. The third-order valence-electron chi connectivity index (χ3n) is 4.46. The van der Waals surface area contributed by atoms with Crippen molar-refractivity contribution in [2.24, 2.45) is 17.8 Å². The second-order valence-electron chi connectivity index (χ2n) is 6.52. The van der Waals surface area contributed by atoms with Crippen molar-refractivity contribution in [2.45, 2.75) is 45.1 Å². The van der Waals surface area contributed by atoms with Crippen molar-refractivity contribution in [1.29, 1.82) is 0 Å². The number of aliphatic hydroxyl groups excluding tert-OH is 1. The molecule has 0 aliphatic heterocycles. The van der Waals surface area contributed by atoms with Crippen LogP contribution in [0.15, 0.2) is 0 Å². The molecule has 0 heterocycles. The Kier molecular flexibility index (Phi) is 6.93. The summed E-state index contributed by atoms with van der Waals surface area (Å²) in [7, 11) is 0. The lowest BCUT2D eigenvalue weighted by molar-refractivity contribution is -0.159. The Labute approximate surface area is 126 Å². The van der Waals surface area contributed by atoms with E-state index in [0.717, 1.165) is 30.6 Å². The lowest BCUT2D eigenvalue weighted by atomic mass is 9.67. The molecular weight excluding hydrogens is 272 g/mol. The number of ether oxygens (including phenoxy) is 3. The van der Waals surface area contributed by atoms with Gasteiger partial charge < -0.3 is 19.3 Å². The largest absolute Gasteiger partial charge is 0.461 e. The highest BCUT2D eigenvalue weighted by atomic mass is 16.6. The van der Waals surface area contributed by atoms with E-state index >= 15 is 0 Å². The molecule has 2 fully saturated rings. The Morgan fingerprint density at radius 2 is 1.67 bits per heavy atom. The number of carbonyl (C=O) groups is 1. The average molecular weight is 300 g/mol. The van der Waals surface area contributed by atoms with Gasteiger partial charge in [0.1, 0.15) is 12.7 Å². The molecule has 0 aromatic rings. The molecule has 0 saturated heterocycles. The highest BCUT2D eigenvalue weighted by Gasteiger charge is 2.36. The summed E-state index contributed by atoms with van der Waals surface area (Å²) in [5.41, 5.74) is 0. The van der Waals surface area contributed by atoms with Crippen LogP contribution < -0.4 is 0 Å². The standard InChI is InChI=1S/C16H28O5/c1-12-6-13-8-14(7-12)10-15(9-13)21-16(18)11-20-5-4-19-3-2-17/h12-15,17H,2-11H2,1H3. The minimum absolute atomic E-state index is 0.00464. The molecule has 5 nitrogen and oxygen atoms in total. The van der Waals surface area contributed by atoms with Crippen LogP contribution in [0, 0.1) is 17.8 Å². The van der Waals surface area contributed by atoms with Gasteiger partial charge in [-0.25, -0.2) is 4.79 Å². The molecule has 0 spiro atoms. The fraction of sp³-hybridized carbons (Fsp3) is 0.938. The number of hydrogen-bond acceptors (Lipinski definition) is 5. The van der Waals surface area contributed by atoms with Gasteiger partial charge in [-0.05, 0) is 49.9 Å². The van der Waals surface area contributed by atoms with Crippen molar-refractivity contribution < 1.29 is 24.1 Å². The molecule has 2 atom stereocenters. The van der Waals surface area contributed by atoms with Gasteiger partial charge in [0.25, 0.3) is 0 Å². The summed E-state index contributed by atoms with van der Waals surface area (Å²) in [5.74, 6) is 2.03. The molecule has 2 bridgehead atoms. The first-order chi connectivity index (χ1) is 10.2. The van der Waals surface area contributed by atoms with Crippen LogP contribution in [-0.2, 0) is 19.0 Å². The summed E-state index contributed by atoms with van der Waals surface area (Å²) in [5, 5.41) is 8.54. The first kappa shape index (κ1) is 16.7. The molecule has 0 aromatic heterocycles. The van der Waals surface area contributed by atoms with Crippen LogP contribution in [-0.4, -0.2) is 50.2 Å². The summed E-state index contributed by atoms with van der Waals surface area (Å²) in [4.78, 5) is 11.8. The molecule has 2 rings (SSSR count). The van der Waals surface area contributed by atoms with Crippen molar-refractivity contribution in [3.63, 3.8) is 0 Å². The van der Waals surface area contributed by atoms with Crippen LogP contribution in [0.5, 0.6) is 0 Å². The molecule has 1 N–H and O–H groups in total. The molecule has 21 heavy (non-hydrogen) atoms. The van der Waals surface area contributed by atoms with E-state index in [0.29, 0.717) is 19.8 Å². The van der Waals surface area contributed by atoms with Crippen molar-refractivity contribution in [3.8, 4) is 0 Å². The molecule has 2 unspecified atom stereocenters. The third kappa shape index (κ3) is 5.93. The van der Waals surface area contributed by atoms with Crippen LogP contribution in [0.25, 0.3) is 0 Å². The summed E-state index contributed by atoms with van der Waals surface area (Å²) in [6.45, 7) is 3.37. The van der Waals surface area contributed by atoms with Gasteiger partial charge in [-0.1, -0.05) is 6.92 Å². The topological polar surface area (TPSA) is 65.0 Å². The molecule has 0 radical (unpaired) electrons. The molecular formula is C16H28O5. The molecule has 0 amide bonds. The van der Waals surface area contributed by atoms with Crippen molar-refractivity contribution in [2.75, 3.05) is 33.0 Å². The maximum Gasteiger partial charge on any atom is 0.332 e. The lowest BCUT2D eigenvalue weighted by Crippen LogP contribution is -2.36. The van der Waals surface area contributed by atoms with Crippen molar-refractivity contribution in [1.82, 2.24) is 0 Å². The van der Waals surface area contributed by atoms with Crippen LogP contribution >= 0.6 is 0 Å². The van der Waals surface area contributed by atoms with Gasteiger partial charge in [0.2, 0.25) is 0 Å². The summed E-state index contributed by atoms with van der Waals surface area (Å²) in [6.07, 6.45) is 6.00. The predicted molar refractivity (Wildman–Crippen MR) is 77.8 cm³/mol. The maximum atomic E-state index is 11.8. The third-order valence-corrected chi connectivity index (χ3v) is 4.46. The van der Waals surface area contributed by atoms with Gasteiger partial charge in [0, 0.05) is 0 Å². The Hall–Kier alpha value is -0.650. The quantitative estimate of drug-likeness (QED) is 0.547. The molecule has 2 aliphatic rings. The number of aliphatic hydroxyl groups is 1. The summed E-state index contributed by atoms with van der Waals surface area (Å²) >= 11 is 0. The van der Waals surface area contributed by atoms with Crippen molar-refractivity contribution in [3.05, 3.63) is 0 Å². The van der Waals surface area contributed by atoms with Crippen LogP contribution in [0.2, 0.25) is 0 Å². The van der Waals surface area contributed by atoms with Gasteiger partial charge in [0.15, 0.2) is 0 Å². The van der Waals surface area contributed by atoms with E-state index in [2.05, 4.69) is 6.92 Å². The van der Waals surface area contributed by atoms with E-state index in [1.807, 2.05) is 0 Å². The fourth-order valence-corrected chi connectivity index (χ4v) is 3.88. The Balaban J connectivity index is 1.58. The van der Waals surface area contributed by atoms with Gasteiger partial charge in [-0.2, -0.15) is 0 Å². The molecule has 2 saturated carbocycles. The van der Waals surface area contributed by atoms with Gasteiger partial charge in [-0.15, -0.1) is 0 Å².